The fourth-order valence-electron chi connectivity index (χ4n) is 1.66. The second-order valence-corrected chi connectivity index (χ2v) is 4.51. The number of phosphoric acid groups is 1. The largest absolute Gasteiger partial charge is 0.524 e. The molecule has 0 saturated carbocycles. The Morgan fingerprint density at radius 1 is 1.27 bits per heavy atom. The number of benzene rings is 1. The van der Waals surface area contributed by atoms with Crippen molar-refractivity contribution < 1.29 is 18.9 Å². The van der Waals surface area contributed by atoms with Crippen molar-refractivity contribution in [1.82, 2.24) is 0 Å². The lowest BCUT2D eigenvalue weighted by Gasteiger charge is -2.18. The molecule has 1 aliphatic carbocycles. The lowest BCUT2D eigenvalue weighted by atomic mass is 9.96. The van der Waals surface area contributed by atoms with E-state index in [9.17, 15) is 4.57 Å². The van der Waals surface area contributed by atoms with Crippen LogP contribution in [-0.4, -0.2) is 9.79 Å². The lowest BCUT2D eigenvalue weighted by molar-refractivity contribution is 0.268. The Morgan fingerprint density at radius 2 is 2.00 bits per heavy atom. The number of phosphoric ester groups is 1. The van der Waals surface area contributed by atoms with Crippen LogP contribution in [0.2, 0.25) is 0 Å². The van der Waals surface area contributed by atoms with Gasteiger partial charge < -0.3 is 4.52 Å². The van der Waals surface area contributed by atoms with Crippen LogP contribution in [0.15, 0.2) is 30.3 Å². The van der Waals surface area contributed by atoms with Gasteiger partial charge in [0.2, 0.25) is 0 Å². The minimum atomic E-state index is -4.46. The highest BCUT2D eigenvalue weighted by Crippen LogP contribution is 2.43. The Bertz CT molecular complexity index is 446. The SMILES string of the molecule is O=P(O)(O)OC1=CCCc2ccccc21. The molecule has 0 aliphatic heterocycles. The zero-order valence-electron chi connectivity index (χ0n) is 7.96. The van der Waals surface area contributed by atoms with Crippen LogP contribution in [0.25, 0.3) is 5.76 Å². The van der Waals surface area contributed by atoms with E-state index in [1.165, 1.54) is 0 Å². The van der Waals surface area contributed by atoms with Crippen LogP contribution in [0, 0.1) is 0 Å². The quantitative estimate of drug-likeness (QED) is 0.757. The summed E-state index contributed by atoms with van der Waals surface area (Å²) in [5, 5.41) is 0. The van der Waals surface area contributed by atoms with Crippen LogP contribution in [0.3, 0.4) is 0 Å². The van der Waals surface area contributed by atoms with Crippen LogP contribution in [0.4, 0.5) is 0 Å². The van der Waals surface area contributed by atoms with Gasteiger partial charge >= 0.3 is 7.82 Å². The number of fused-ring (bicyclic) bond motifs is 1. The Balaban J connectivity index is 2.35. The normalized spacial score (nSPS) is 15.5. The van der Waals surface area contributed by atoms with Crippen LogP contribution in [-0.2, 0) is 15.5 Å². The molecule has 4 nitrogen and oxygen atoms in total. The third-order valence-corrected chi connectivity index (χ3v) is 2.68. The Morgan fingerprint density at radius 3 is 2.73 bits per heavy atom. The minimum Gasteiger partial charge on any atom is -0.404 e. The van der Waals surface area contributed by atoms with Crippen LogP contribution in [0.1, 0.15) is 17.5 Å². The molecule has 1 aromatic carbocycles. The number of hydrogen-bond donors (Lipinski definition) is 2. The molecule has 15 heavy (non-hydrogen) atoms. The highest BCUT2D eigenvalue weighted by molar-refractivity contribution is 7.46. The first-order valence-electron chi connectivity index (χ1n) is 4.60. The van der Waals surface area contributed by atoms with Gasteiger partial charge in [0.05, 0.1) is 0 Å². The van der Waals surface area contributed by atoms with Crippen molar-refractivity contribution in [2.75, 3.05) is 0 Å². The summed E-state index contributed by atoms with van der Waals surface area (Å²) in [6, 6.07) is 7.46. The maximum Gasteiger partial charge on any atom is 0.524 e. The van der Waals surface area contributed by atoms with E-state index in [-0.39, 0.29) is 5.76 Å². The summed E-state index contributed by atoms with van der Waals surface area (Å²) in [5.41, 5.74) is 1.83. The van der Waals surface area contributed by atoms with Gasteiger partial charge in [-0.15, -0.1) is 0 Å². The summed E-state index contributed by atoms with van der Waals surface area (Å²) in [4.78, 5) is 17.5. The first-order valence-corrected chi connectivity index (χ1v) is 6.13. The van der Waals surface area contributed by atoms with Gasteiger partial charge in [-0.25, -0.2) is 4.57 Å². The number of aryl methyl sites for hydroxylation is 1. The standard InChI is InChI=1S/C10H11O4P/c11-15(12,13)14-10-7-3-5-8-4-1-2-6-9(8)10/h1-2,4,6-7H,3,5H2,(H2,11,12,13). The van der Waals surface area contributed by atoms with Crippen molar-refractivity contribution in [2.24, 2.45) is 0 Å². The smallest absolute Gasteiger partial charge is 0.404 e. The first kappa shape index (κ1) is 10.4. The van der Waals surface area contributed by atoms with Crippen LogP contribution in [0.5, 0.6) is 0 Å². The molecule has 0 fully saturated rings. The zero-order valence-corrected chi connectivity index (χ0v) is 8.85. The van der Waals surface area contributed by atoms with E-state index in [0.717, 1.165) is 24.0 Å². The zero-order chi connectivity index (χ0) is 10.9. The van der Waals surface area contributed by atoms with E-state index < -0.39 is 7.82 Å². The molecule has 1 aromatic rings. The van der Waals surface area contributed by atoms with Crippen molar-refractivity contribution in [3.05, 3.63) is 41.5 Å². The second kappa shape index (κ2) is 3.81. The fourth-order valence-corrected chi connectivity index (χ4v) is 2.09. The molecule has 0 aromatic heterocycles. The molecule has 0 radical (unpaired) electrons. The molecular formula is C10H11O4P. The molecule has 80 valence electrons. The van der Waals surface area contributed by atoms with Crippen molar-refractivity contribution >= 4 is 13.6 Å². The molecule has 0 amide bonds. The van der Waals surface area contributed by atoms with Gasteiger partial charge in [0.15, 0.2) is 0 Å². The van der Waals surface area contributed by atoms with E-state index in [1.807, 2.05) is 18.2 Å². The predicted molar refractivity (Wildman–Crippen MR) is 55.9 cm³/mol. The highest BCUT2D eigenvalue weighted by atomic mass is 31.2. The van der Waals surface area contributed by atoms with Crippen molar-refractivity contribution in [3.8, 4) is 0 Å². The summed E-state index contributed by atoms with van der Waals surface area (Å²) < 4.78 is 15.4. The Hall–Kier alpha value is -1.09. The lowest BCUT2D eigenvalue weighted by Crippen LogP contribution is -2.01. The van der Waals surface area contributed by atoms with E-state index in [1.54, 1.807) is 12.1 Å². The van der Waals surface area contributed by atoms with E-state index in [0.29, 0.717) is 0 Å². The summed E-state index contributed by atoms with van der Waals surface area (Å²) in [6.45, 7) is 0. The molecule has 1 aliphatic rings. The molecule has 0 heterocycles. The minimum absolute atomic E-state index is 0.283. The van der Waals surface area contributed by atoms with Crippen LogP contribution < -0.4 is 0 Å². The fraction of sp³-hybridized carbons (Fsp3) is 0.200. The van der Waals surface area contributed by atoms with Gasteiger partial charge in [-0.05, 0) is 24.5 Å². The number of hydrogen-bond acceptors (Lipinski definition) is 2. The Kier molecular flexibility index (Phi) is 2.65. The van der Waals surface area contributed by atoms with Gasteiger partial charge in [-0.3, -0.25) is 9.79 Å². The van der Waals surface area contributed by atoms with E-state index in [2.05, 4.69) is 4.52 Å². The van der Waals surface area contributed by atoms with Gasteiger partial charge in [-0.1, -0.05) is 24.3 Å². The van der Waals surface area contributed by atoms with Crippen molar-refractivity contribution in [1.29, 1.82) is 0 Å². The molecule has 0 spiro atoms. The molecule has 5 heteroatoms. The predicted octanol–water partition coefficient (Wildman–Crippen LogP) is 2.08. The monoisotopic (exact) mass is 226 g/mol. The summed E-state index contributed by atoms with van der Waals surface area (Å²) in [7, 11) is -4.46. The van der Waals surface area contributed by atoms with E-state index in [4.69, 9.17) is 9.79 Å². The molecule has 0 unspecified atom stereocenters. The van der Waals surface area contributed by atoms with Gasteiger partial charge in [0.1, 0.15) is 5.76 Å². The first-order chi connectivity index (χ1) is 7.06. The molecule has 0 atom stereocenters. The average molecular weight is 226 g/mol. The maximum atomic E-state index is 10.7. The average Bonchev–Trinajstić information content (AvgIpc) is 2.16. The summed E-state index contributed by atoms with van der Waals surface area (Å²) in [6.07, 6.45) is 3.33. The van der Waals surface area contributed by atoms with Gasteiger partial charge in [0.25, 0.3) is 0 Å². The molecule has 0 bridgehead atoms. The van der Waals surface area contributed by atoms with Crippen molar-refractivity contribution in [3.63, 3.8) is 0 Å². The molecule has 2 rings (SSSR count). The van der Waals surface area contributed by atoms with E-state index >= 15 is 0 Å². The number of allylic oxidation sites excluding steroid dienone is 1. The van der Waals surface area contributed by atoms with Gasteiger partial charge in [0, 0.05) is 5.56 Å². The van der Waals surface area contributed by atoms with Crippen LogP contribution >= 0.6 is 7.82 Å². The van der Waals surface area contributed by atoms with Crippen molar-refractivity contribution in [2.45, 2.75) is 12.8 Å². The molecule has 2 N–H and O–H groups in total. The molecular weight excluding hydrogens is 215 g/mol. The van der Waals surface area contributed by atoms with Gasteiger partial charge in [-0.2, -0.15) is 0 Å². The third-order valence-electron chi connectivity index (χ3n) is 2.24. The Labute approximate surface area is 87.4 Å². The molecule has 0 saturated heterocycles. The number of rotatable bonds is 2. The summed E-state index contributed by atoms with van der Waals surface area (Å²) >= 11 is 0. The maximum absolute atomic E-state index is 10.7. The third kappa shape index (κ3) is 2.48. The summed E-state index contributed by atoms with van der Waals surface area (Å²) in [5.74, 6) is 0.283. The second-order valence-electron chi connectivity index (χ2n) is 3.35. The topological polar surface area (TPSA) is 66.8 Å². The highest BCUT2D eigenvalue weighted by Gasteiger charge is 2.21.